The zero-order valence-electron chi connectivity index (χ0n) is 12.8. The Labute approximate surface area is 135 Å². The van der Waals surface area contributed by atoms with Crippen molar-refractivity contribution in [1.29, 1.82) is 0 Å². The Kier molecular flexibility index (Phi) is 5.22. The normalized spacial score (nSPS) is 11.0. The number of fused-ring (bicyclic) bond motifs is 2. The smallest absolute Gasteiger partial charge is 0.200 e. The molecule has 1 heterocycles. The second kappa shape index (κ2) is 6.95. The minimum atomic E-state index is 0. The number of hydrogen-bond acceptors (Lipinski definition) is 3. The van der Waals surface area contributed by atoms with Gasteiger partial charge in [-0.25, -0.2) is 0 Å². The first-order valence-corrected chi connectivity index (χ1v) is 7.40. The van der Waals surface area contributed by atoms with Gasteiger partial charge in [0.1, 0.15) is 11.2 Å². The summed E-state index contributed by atoms with van der Waals surface area (Å²) < 4.78 is 6.02. The van der Waals surface area contributed by atoms with Gasteiger partial charge in [-0.3, -0.25) is 9.69 Å². The molecule has 0 radical (unpaired) electrons. The Bertz CT molecular complexity index is 837. The van der Waals surface area contributed by atoms with Crippen LogP contribution in [0.4, 0.5) is 0 Å². The molecule has 0 saturated carbocycles. The van der Waals surface area contributed by atoms with E-state index in [4.69, 9.17) is 4.42 Å². The lowest BCUT2D eigenvalue weighted by atomic mass is 10.1. The molecule has 3 rings (SSSR count). The van der Waals surface area contributed by atoms with E-state index in [2.05, 4.69) is 18.7 Å². The number of hydrogen-bond donors (Lipinski definition) is 0. The van der Waals surface area contributed by atoms with Crippen LogP contribution in [0.2, 0.25) is 0 Å². The van der Waals surface area contributed by atoms with Crippen molar-refractivity contribution in [2.24, 2.45) is 0 Å². The molecule has 4 heteroatoms. The summed E-state index contributed by atoms with van der Waals surface area (Å²) in [6.07, 6.45) is 0. The average Bonchev–Trinajstić information content (AvgIpc) is 2.53. The third kappa shape index (κ3) is 2.87. The van der Waals surface area contributed by atoms with E-state index in [1.54, 1.807) is 0 Å². The van der Waals surface area contributed by atoms with Crippen molar-refractivity contribution in [1.82, 2.24) is 4.90 Å². The fraction of sp³-hybridized carbons (Fsp3) is 0.278. The number of para-hydroxylation sites is 2. The SMILES string of the molecule is CCN(CC)Cc1cccc2c(=O)c3ccccc3oc12.Cl. The van der Waals surface area contributed by atoms with Crippen LogP contribution in [0.25, 0.3) is 21.9 Å². The first-order valence-electron chi connectivity index (χ1n) is 7.40. The number of halogens is 1. The van der Waals surface area contributed by atoms with Crippen LogP contribution in [0, 0.1) is 0 Å². The lowest BCUT2D eigenvalue weighted by Crippen LogP contribution is -2.22. The van der Waals surface area contributed by atoms with E-state index < -0.39 is 0 Å². The fourth-order valence-electron chi connectivity index (χ4n) is 2.70. The molecule has 0 spiro atoms. The van der Waals surface area contributed by atoms with E-state index in [1.807, 2.05) is 42.5 Å². The van der Waals surface area contributed by atoms with Crippen molar-refractivity contribution in [3.8, 4) is 0 Å². The molecule has 1 aromatic heterocycles. The molecule has 0 bridgehead atoms. The summed E-state index contributed by atoms with van der Waals surface area (Å²) in [6, 6.07) is 13.3. The van der Waals surface area contributed by atoms with Crippen molar-refractivity contribution in [3.05, 3.63) is 58.3 Å². The molecule has 0 aliphatic carbocycles. The standard InChI is InChI=1S/C18H19NO2.ClH/c1-3-19(4-2)12-13-8-7-10-15-17(20)14-9-5-6-11-16(14)21-18(13)15;/h5-11H,3-4,12H2,1-2H3;1H. The molecule has 0 aliphatic heterocycles. The molecule has 2 aromatic carbocycles. The molecule has 0 aliphatic rings. The molecule has 3 nitrogen and oxygen atoms in total. The Morgan fingerprint density at radius 2 is 1.64 bits per heavy atom. The summed E-state index contributed by atoms with van der Waals surface area (Å²) in [6.45, 7) is 7.03. The van der Waals surface area contributed by atoms with Crippen LogP contribution >= 0.6 is 12.4 Å². The van der Waals surface area contributed by atoms with E-state index in [-0.39, 0.29) is 17.8 Å². The maximum absolute atomic E-state index is 12.6. The van der Waals surface area contributed by atoms with E-state index in [0.29, 0.717) is 21.9 Å². The molecule has 0 saturated heterocycles. The van der Waals surface area contributed by atoms with Crippen LogP contribution in [0.1, 0.15) is 19.4 Å². The van der Waals surface area contributed by atoms with Crippen molar-refractivity contribution >= 4 is 34.3 Å². The van der Waals surface area contributed by atoms with Crippen LogP contribution < -0.4 is 5.43 Å². The van der Waals surface area contributed by atoms with Crippen LogP contribution in [-0.2, 0) is 6.54 Å². The van der Waals surface area contributed by atoms with Crippen LogP contribution in [-0.4, -0.2) is 18.0 Å². The maximum Gasteiger partial charge on any atom is 0.200 e. The van der Waals surface area contributed by atoms with Crippen molar-refractivity contribution in [3.63, 3.8) is 0 Å². The second-order valence-electron chi connectivity index (χ2n) is 5.18. The number of benzene rings is 2. The highest BCUT2D eigenvalue weighted by molar-refractivity contribution is 5.90. The van der Waals surface area contributed by atoms with Gasteiger partial charge in [0.05, 0.1) is 10.8 Å². The molecule has 0 atom stereocenters. The Morgan fingerprint density at radius 3 is 2.36 bits per heavy atom. The van der Waals surface area contributed by atoms with Gasteiger partial charge in [0, 0.05) is 12.1 Å². The lowest BCUT2D eigenvalue weighted by Gasteiger charge is -2.18. The highest BCUT2D eigenvalue weighted by Gasteiger charge is 2.12. The first-order chi connectivity index (χ1) is 10.2. The molecule has 0 unspecified atom stereocenters. The predicted octanol–water partition coefficient (Wildman–Crippen LogP) is 4.21. The molecular formula is C18H20ClNO2. The van der Waals surface area contributed by atoms with Gasteiger partial charge in [-0.15, -0.1) is 12.4 Å². The Hall–Kier alpha value is -1.84. The predicted molar refractivity (Wildman–Crippen MR) is 93.9 cm³/mol. The third-order valence-corrected chi connectivity index (χ3v) is 3.97. The molecule has 22 heavy (non-hydrogen) atoms. The average molecular weight is 318 g/mol. The van der Waals surface area contributed by atoms with Gasteiger partial charge in [-0.2, -0.15) is 0 Å². The van der Waals surface area contributed by atoms with Crippen LogP contribution in [0.15, 0.2) is 51.7 Å². The van der Waals surface area contributed by atoms with E-state index >= 15 is 0 Å². The summed E-state index contributed by atoms with van der Waals surface area (Å²) in [7, 11) is 0. The molecule has 116 valence electrons. The van der Waals surface area contributed by atoms with Gasteiger partial charge in [-0.1, -0.05) is 38.1 Å². The maximum atomic E-state index is 12.6. The molecule has 3 aromatic rings. The van der Waals surface area contributed by atoms with Gasteiger partial charge in [0.2, 0.25) is 5.43 Å². The summed E-state index contributed by atoms with van der Waals surface area (Å²) in [5.74, 6) is 0. The zero-order valence-corrected chi connectivity index (χ0v) is 13.7. The van der Waals surface area contributed by atoms with Gasteiger partial charge in [-0.05, 0) is 31.3 Å². The highest BCUT2D eigenvalue weighted by Crippen LogP contribution is 2.22. The monoisotopic (exact) mass is 317 g/mol. The summed E-state index contributed by atoms with van der Waals surface area (Å²) >= 11 is 0. The summed E-state index contributed by atoms with van der Waals surface area (Å²) in [4.78, 5) is 14.9. The van der Waals surface area contributed by atoms with E-state index in [1.165, 1.54) is 0 Å². The van der Waals surface area contributed by atoms with Crippen molar-refractivity contribution in [2.45, 2.75) is 20.4 Å². The van der Waals surface area contributed by atoms with E-state index in [0.717, 1.165) is 25.2 Å². The van der Waals surface area contributed by atoms with E-state index in [9.17, 15) is 4.79 Å². The Morgan fingerprint density at radius 1 is 0.955 bits per heavy atom. The third-order valence-electron chi connectivity index (χ3n) is 3.97. The number of rotatable bonds is 4. The minimum Gasteiger partial charge on any atom is -0.455 e. The second-order valence-corrected chi connectivity index (χ2v) is 5.18. The van der Waals surface area contributed by atoms with Crippen LogP contribution in [0.5, 0.6) is 0 Å². The largest absolute Gasteiger partial charge is 0.455 e. The molecule has 0 fully saturated rings. The zero-order chi connectivity index (χ0) is 14.8. The summed E-state index contributed by atoms with van der Waals surface area (Å²) in [5.41, 5.74) is 2.49. The Balaban J connectivity index is 0.00000176. The van der Waals surface area contributed by atoms with Crippen molar-refractivity contribution < 1.29 is 4.42 Å². The number of nitrogens with zero attached hydrogens (tertiary/aromatic N) is 1. The van der Waals surface area contributed by atoms with Crippen LogP contribution in [0.3, 0.4) is 0 Å². The van der Waals surface area contributed by atoms with Crippen molar-refractivity contribution in [2.75, 3.05) is 13.1 Å². The summed E-state index contributed by atoms with van der Waals surface area (Å²) in [5, 5.41) is 1.31. The topological polar surface area (TPSA) is 33.5 Å². The molecule has 0 N–H and O–H groups in total. The van der Waals surface area contributed by atoms with Gasteiger partial charge in [0.25, 0.3) is 0 Å². The van der Waals surface area contributed by atoms with Gasteiger partial charge >= 0.3 is 0 Å². The first kappa shape index (κ1) is 16.5. The fourth-order valence-corrected chi connectivity index (χ4v) is 2.70. The van der Waals surface area contributed by atoms with Gasteiger partial charge in [0.15, 0.2) is 0 Å². The van der Waals surface area contributed by atoms with Gasteiger partial charge < -0.3 is 4.42 Å². The highest BCUT2D eigenvalue weighted by atomic mass is 35.5. The quantitative estimate of drug-likeness (QED) is 0.676. The lowest BCUT2D eigenvalue weighted by molar-refractivity contribution is 0.296. The minimum absolute atomic E-state index is 0. The molecular weight excluding hydrogens is 298 g/mol. The molecule has 0 amide bonds.